The number of hydrogen-bond acceptors (Lipinski definition) is 3. The van der Waals surface area contributed by atoms with Gasteiger partial charge in [-0.3, -0.25) is 4.99 Å². The molecule has 1 aliphatic rings. The molecule has 0 amide bonds. The fourth-order valence-corrected chi connectivity index (χ4v) is 1.30. The molecule has 0 unspecified atom stereocenters. The Morgan fingerprint density at radius 3 is 3.07 bits per heavy atom. The number of rotatable bonds is 3. The molecule has 0 spiro atoms. The highest BCUT2D eigenvalue weighted by Gasteiger charge is 2.19. The topological polar surface area (TPSA) is 74.0 Å². The molecule has 2 rings (SSSR count). The fourth-order valence-electron chi connectivity index (χ4n) is 1.10. The average molecular weight is 222 g/mol. The Kier molecular flexibility index (Phi) is 2.85. The second-order valence-electron chi connectivity index (χ2n) is 3.23. The Hall–Kier alpha value is -1.58. The number of nitrogens with zero attached hydrogens (tertiary/aromatic N) is 5. The van der Waals surface area contributed by atoms with Crippen molar-refractivity contribution in [2.75, 3.05) is 0 Å². The van der Waals surface area contributed by atoms with E-state index in [1.54, 1.807) is 12.3 Å². The van der Waals surface area contributed by atoms with Gasteiger partial charge in [0.05, 0.1) is 11.7 Å². The summed E-state index contributed by atoms with van der Waals surface area (Å²) in [6.45, 7) is 0. The van der Waals surface area contributed by atoms with Crippen molar-refractivity contribution in [1.82, 2.24) is 4.98 Å². The lowest BCUT2D eigenvalue weighted by Gasteiger charge is -2.00. The van der Waals surface area contributed by atoms with Crippen LogP contribution in [0.4, 0.5) is 5.69 Å². The summed E-state index contributed by atoms with van der Waals surface area (Å²) < 4.78 is 0. The van der Waals surface area contributed by atoms with Crippen LogP contribution in [0.25, 0.3) is 10.4 Å². The number of pyridine rings is 1. The van der Waals surface area contributed by atoms with Crippen molar-refractivity contribution >= 4 is 23.5 Å². The molecule has 0 N–H and O–H groups in total. The maximum Gasteiger partial charge on any atom is 0.138 e. The monoisotopic (exact) mass is 221 g/mol. The molecule has 0 saturated heterocycles. The van der Waals surface area contributed by atoms with Crippen molar-refractivity contribution in [2.24, 2.45) is 10.1 Å². The van der Waals surface area contributed by atoms with Gasteiger partial charge >= 0.3 is 0 Å². The first-order chi connectivity index (χ1) is 7.31. The van der Waals surface area contributed by atoms with Gasteiger partial charge in [-0.15, -0.1) is 0 Å². The molecular formula is C9H8ClN5. The van der Waals surface area contributed by atoms with Gasteiger partial charge in [-0.1, -0.05) is 16.7 Å². The SMILES string of the molecule is [N-]=[N+]=Nc1ccnc(Cl)c1C=NC1CC1. The molecule has 0 aromatic carbocycles. The molecule has 15 heavy (non-hydrogen) atoms. The van der Waals surface area contributed by atoms with Gasteiger partial charge in [-0.2, -0.15) is 0 Å². The van der Waals surface area contributed by atoms with Crippen LogP contribution in [0.3, 0.4) is 0 Å². The van der Waals surface area contributed by atoms with Crippen LogP contribution in [0.1, 0.15) is 18.4 Å². The lowest BCUT2D eigenvalue weighted by Crippen LogP contribution is -1.88. The Morgan fingerprint density at radius 1 is 1.60 bits per heavy atom. The van der Waals surface area contributed by atoms with Gasteiger partial charge in [0, 0.05) is 22.9 Å². The van der Waals surface area contributed by atoms with Crippen LogP contribution >= 0.6 is 11.6 Å². The molecule has 1 heterocycles. The van der Waals surface area contributed by atoms with E-state index in [9.17, 15) is 0 Å². The van der Waals surface area contributed by atoms with E-state index >= 15 is 0 Å². The van der Waals surface area contributed by atoms with Crippen LogP contribution in [-0.2, 0) is 0 Å². The van der Waals surface area contributed by atoms with Crippen LogP contribution in [0, 0.1) is 0 Å². The zero-order valence-corrected chi connectivity index (χ0v) is 8.59. The Morgan fingerprint density at radius 2 is 2.40 bits per heavy atom. The van der Waals surface area contributed by atoms with E-state index in [-0.39, 0.29) is 0 Å². The van der Waals surface area contributed by atoms with Crippen molar-refractivity contribution in [3.63, 3.8) is 0 Å². The summed E-state index contributed by atoms with van der Waals surface area (Å²) in [6.07, 6.45) is 5.37. The van der Waals surface area contributed by atoms with E-state index < -0.39 is 0 Å². The number of hydrogen-bond donors (Lipinski definition) is 0. The molecule has 1 aromatic rings. The first-order valence-electron chi connectivity index (χ1n) is 4.54. The molecule has 5 nitrogen and oxygen atoms in total. The molecule has 0 atom stereocenters. The van der Waals surface area contributed by atoms with Gasteiger partial charge in [0.2, 0.25) is 0 Å². The van der Waals surface area contributed by atoms with E-state index in [1.807, 2.05) is 0 Å². The highest BCUT2D eigenvalue weighted by atomic mass is 35.5. The summed E-state index contributed by atoms with van der Waals surface area (Å²) in [5, 5.41) is 3.84. The highest BCUT2D eigenvalue weighted by Crippen LogP contribution is 2.26. The van der Waals surface area contributed by atoms with Gasteiger partial charge in [0.1, 0.15) is 5.15 Å². The maximum atomic E-state index is 8.38. The summed E-state index contributed by atoms with van der Waals surface area (Å²) in [4.78, 5) is 10.9. The standard InChI is InChI=1S/C9H8ClN5/c10-9-7(5-13-6-1-2-6)8(14-15-11)3-4-12-9/h3-6H,1-2H2. The number of halogens is 1. The largest absolute Gasteiger partial charge is 0.289 e. The number of aromatic nitrogens is 1. The number of aliphatic imine (C=N–C) groups is 1. The quantitative estimate of drug-likeness (QED) is 0.254. The second kappa shape index (κ2) is 4.29. The summed E-state index contributed by atoms with van der Waals surface area (Å²) in [6, 6.07) is 2.01. The van der Waals surface area contributed by atoms with Crippen molar-refractivity contribution < 1.29 is 0 Å². The minimum absolute atomic E-state index is 0.310. The second-order valence-corrected chi connectivity index (χ2v) is 3.59. The molecular weight excluding hydrogens is 214 g/mol. The molecule has 1 aliphatic carbocycles. The molecule has 0 aliphatic heterocycles. The predicted octanol–water partition coefficient (Wildman–Crippen LogP) is 3.26. The molecule has 1 fully saturated rings. The minimum atomic E-state index is 0.310. The van der Waals surface area contributed by atoms with Crippen molar-refractivity contribution in [3.05, 3.63) is 33.4 Å². The third kappa shape index (κ3) is 2.46. The lowest BCUT2D eigenvalue weighted by atomic mass is 10.2. The predicted molar refractivity (Wildman–Crippen MR) is 58.7 cm³/mol. The molecule has 1 aromatic heterocycles. The first-order valence-corrected chi connectivity index (χ1v) is 4.92. The zero-order chi connectivity index (χ0) is 10.7. The van der Waals surface area contributed by atoms with Crippen molar-refractivity contribution in [2.45, 2.75) is 18.9 Å². The Bertz CT molecular complexity index is 446. The molecule has 0 radical (unpaired) electrons. The first kappa shape index (κ1) is 9.96. The third-order valence-electron chi connectivity index (χ3n) is 2.03. The summed E-state index contributed by atoms with van der Waals surface area (Å²) in [5.41, 5.74) is 9.42. The zero-order valence-electron chi connectivity index (χ0n) is 7.84. The minimum Gasteiger partial charge on any atom is -0.289 e. The average Bonchev–Trinajstić information content (AvgIpc) is 3.01. The molecule has 76 valence electrons. The van der Waals surface area contributed by atoms with Crippen LogP contribution < -0.4 is 0 Å². The summed E-state index contributed by atoms with van der Waals surface area (Å²) in [5.74, 6) is 0. The van der Waals surface area contributed by atoms with E-state index in [4.69, 9.17) is 17.1 Å². The van der Waals surface area contributed by atoms with E-state index in [2.05, 4.69) is 20.0 Å². The smallest absolute Gasteiger partial charge is 0.138 e. The molecule has 1 saturated carbocycles. The van der Waals surface area contributed by atoms with Crippen molar-refractivity contribution in [3.8, 4) is 0 Å². The van der Waals surface area contributed by atoms with Gasteiger partial charge in [0.25, 0.3) is 0 Å². The van der Waals surface area contributed by atoms with E-state index in [1.165, 1.54) is 6.20 Å². The Balaban J connectivity index is 2.36. The van der Waals surface area contributed by atoms with Crippen LogP contribution in [0.5, 0.6) is 0 Å². The lowest BCUT2D eigenvalue weighted by molar-refractivity contribution is 1.08. The molecule has 0 bridgehead atoms. The Labute approximate surface area is 91.4 Å². The van der Waals surface area contributed by atoms with Crippen LogP contribution in [0.15, 0.2) is 22.4 Å². The van der Waals surface area contributed by atoms with Crippen LogP contribution in [-0.4, -0.2) is 17.2 Å². The van der Waals surface area contributed by atoms with E-state index in [0.717, 1.165) is 12.8 Å². The highest BCUT2D eigenvalue weighted by molar-refractivity contribution is 6.32. The van der Waals surface area contributed by atoms with Gasteiger partial charge < -0.3 is 0 Å². The third-order valence-corrected chi connectivity index (χ3v) is 2.33. The summed E-state index contributed by atoms with van der Waals surface area (Å²) >= 11 is 5.88. The number of azide groups is 1. The normalized spacial score (nSPS) is 15.3. The van der Waals surface area contributed by atoms with Crippen LogP contribution in [0.2, 0.25) is 5.15 Å². The van der Waals surface area contributed by atoms with Crippen molar-refractivity contribution in [1.29, 1.82) is 0 Å². The van der Waals surface area contributed by atoms with Gasteiger partial charge in [-0.05, 0) is 24.4 Å². The van der Waals surface area contributed by atoms with Gasteiger partial charge in [0.15, 0.2) is 0 Å². The van der Waals surface area contributed by atoms with Gasteiger partial charge in [-0.25, -0.2) is 4.98 Å². The fraction of sp³-hybridized carbons (Fsp3) is 0.333. The maximum absolute atomic E-state index is 8.38. The molecule has 6 heteroatoms. The summed E-state index contributed by atoms with van der Waals surface area (Å²) in [7, 11) is 0. The van der Waals surface area contributed by atoms with E-state index in [0.29, 0.717) is 22.4 Å².